The fourth-order valence-corrected chi connectivity index (χ4v) is 5.72. The summed E-state index contributed by atoms with van der Waals surface area (Å²) in [4.78, 5) is 46.5. The zero-order chi connectivity index (χ0) is 33.9. The maximum atomic E-state index is 13.3. The van der Waals surface area contributed by atoms with Crippen LogP contribution < -0.4 is 25.2 Å². The Morgan fingerprint density at radius 1 is 1.09 bits per heavy atom. The topological polar surface area (TPSA) is 125 Å². The van der Waals surface area contributed by atoms with Gasteiger partial charge in [0.15, 0.2) is 5.82 Å². The molecule has 2 N–H and O–H groups in total. The van der Waals surface area contributed by atoms with E-state index < -0.39 is 5.97 Å². The van der Waals surface area contributed by atoms with E-state index >= 15 is 0 Å². The molecule has 5 rings (SSSR count). The van der Waals surface area contributed by atoms with E-state index in [-0.39, 0.29) is 28.9 Å². The quantitative estimate of drug-likeness (QED) is 0.190. The number of fused-ring (bicyclic) bond motifs is 1. The van der Waals surface area contributed by atoms with Gasteiger partial charge in [-0.25, -0.2) is 14.8 Å². The van der Waals surface area contributed by atoms with E-state index in [2.05, 4.69) is 64.7 Å². The Kier molecular flexibility index (Phi) is 9.67. The van der Waals surface area contributed by atoms with Crippen LogP contribution in [0.1, 0.15) is 56.4 Å². The number of likely N-dealkylation sites (N-methyl/N-ethyl adjacent to an activating group) is 1. The molecule has 2 aromatic heterocycles. The first-order valence-electron chi connectivity index (χ1n) is 15.6. The highest BCUT2D eigenvalue weighted by Gasteiger charge is 2.40. The molecule has 47 heavy (non-hydrogen) atoms. The van der Waals surface area contributed by atoms with E-state index in [4.69, 9.17) is 19.4 Å². The zero-order valence-corrected chi connectivity index (χ0v) is 28.1. The molecule has 0 unspecified atom stereocenters. The lowest BCUT2D eigenvalue weighted by Gasteiger charge is -2.35. The molecule has 0 bridgehead atoms. The molecule has 0 atom stereocenters. The second-order valence-corrected chi connectivity index (χ2v) is 12.5. The first-order valence-corrected chi connectivity index (χ1v) is 15.6. The minimum Gasteiger partial charge on any atom is -0.494 e. The molecule has 3 aromatic rings. The fraction of sp³-hybridized carbons (Fsp3) is 0.400. The summed E-state index contributed by atoms with van der Waals surface area (Å²) in [6, 6.07) is 7.51. The van der Waals surface area contributed by atoms with E-state index in [0.717, 1.165) is 43.2 Å². The molecule has 1 fully saturated rings. The Bertz CT molecular complexity index is 1750. The number of esters is 1. The highest BCUT2D eigenvalue weighted by atomic mass is 16.5. The lowest BCUT2D eigenvalue weighted by molar-refractivity contribution is -0.111. The number of benzene rings is 1. The predicted molar refractivity (Wildman–Crippen MR) is 184 cm³/mol. The lowest BCUT2D eigenvalue weighted by Crippen LogP contribution is -2.44. The summed E-state index contributed by atoms with van der Waals surface area (Å²) in [6.45, 7) is 17.0. The third-order valence-corrected chi connectivity index (χ3v) is 8.05. The van der Waals surface area contributed by atoms with Gasteiger partial charge in [0.1, 0.15) is 17.0 Å². The van der Waals surface area contributed by atoms with Crippen LogP contribution in [0, 0.1) is 11.8 Å². The van der Waals surface area contributed by atoms with Gasteiger partial charge in [0.25, 0.3) is 0 Å². The maximum Gasteiger partial charge on any atom is 0.343 e. The number of hydrogen-bond acceptors (Lipinski definition) is 11. The Morgan fingerprint density at radius 2 is 1.83 bits per heavy atom. The molecule has 1 saturated heterocycles. The molecule has 1 amide bonds. The van der Waals surface area contributed by atoms with E-state index in [1.165, 1.54) is 12.3 Å². The lowest BCUT2D eigenvalue weighted by atomic mass is 9.91. The zero-order valence-electron chi connectivity index (χ0n) is 28.1. The van der Waals surface area contributed by atoms with Crippen molar-refractivity contribution in [3.63, 3.8) is 0 Å². The molecular weight excluding hydrogens is 596 g/mol. The molecule has 2 aliphatic heterocycles. The molecule has 0 radical (unpaired) electrons. The van der Waals surface area contributed by atoms with Crippen LogP contribution in [0.15, 0.2) is 43.1 Å². The van der Waals surface area contributed by atoms with Crippen molar-refractivity contribution in [1.29, 1.82) is 0 Å². The van der Waals surface area contributed by atoms with Crippen molar-refractivity contribution >= 4 is 46.4 Å². The summed E-state index contributed by atoms with van der Waals surface area (Å²) in [5.41, 5.74) is 4.17. The summed E-state index contributed by atoms with van der Waals surface area (Å²) < 4.78 is 11.4. The molecule has 0 saturated carbocycles. The number of rotatable bonds is 9. The summed E-state index contributed by atoms with van der Waals surface area (Å²) in [7, 11) is 3.67. The molecule has 12 heteroatoms. The van der Waals surface area contributed by atoms with Crippen molar-refractivity contribution in [1.82, 2.24) is 19.9 Å². The Hall–Kier alpha value is -5.15. The molecule has 12 nitrogen and oxygen atoms in total. The number of methoxy groups -OCH3 is 1. The first-order chi connectivity index (χ1) is 22.4. The highest BCUT2D eigenvalue weighted by molar-refractivity contribution is 6.02. The van der Waals surface area contributed by atoms with Gasteiger partial charge in [-0.15, -0.1) is 0 Å². The molecule has 1 aromatic carbocycles. The van der Waals surface area contributed by atoms with Crippen LogP contribution in [-0.2, 0) is 14.9 Å². The molecule has 0 aliphatic carbocycles. The molecule has 2 aliphatic rings. The summed E-state index contributed by atoms with van der Waals surface area (Å²) in [6.07, 6.45) is 2.37. The van der Waals surface area contributed by atoms with Gasteiger partial charge in [-0.3, -0.25) is 4.79 Å². The van der Waals surface area contributed by atoms with Crippen molar-refractivity contribution < 1.29 is 19.1 Å². The molecule has 246 valence electrons. The van der Waals surface area contributed by atoms with Crippen molar-refractivity contribution in [3.05, 3.63) is 60.1 Å². The van der Waals surface area contributed by atoms with Crippen LogP contribution in [0.4, 0.5) is 34.5 Å². The van der Waals surface area contributed by atoms with E-state index in [1.807, 2.05) is 23.1 Å². The standard InChI is InChI=1S/C35H42N8O4/c1-9-11-23-12-13-27-31(37-23)35(5,6)21-43(27)32-24(33(45)47-22(3)4)20-36-34(40-32)39-26-18-25(38-30(44)10-2)28(19-29(26)46-8)42-16-14-41(7)15-17-42/h10,12-13,18-20,22H,2,14-17,21H2,1,3-8H3,(H,38,44)(H,36,39,40). The van der Waals surface area contributed by atoms with Gasteiger partial charge in [0.05, 0.1) is 41.7 Å². The number of hydrogen-bond donors (Lipinski definition) is 2. The monoisotopic (exact) mass is 638 g/mol. The number of amides is 1. The highest BCUT2D eigenvalue weighted by Crippen LogP contribution is 2.44. The number of piperazine rings is 1. The van der Waals surface area contributed by atoms with Crippen LogP contribution in [0.25, 0.3) is 0 Å². The molecule has 4 heterocycles. The van der Waals surface area contributed by atoms with Crippen LogP contribution in [-0.4, -0.2) is 84.7 Å². The number of anilines is 6. The smallest absolute Gasteiger partial charge is 0.343 e. The van der Waals surface area contributed by atoms with E-state index in [0.29, 0.717) is 35.2 Å². The Labute approximate surface area is 276 Å². The minimum absolute atomic E-state index is 0.223. The largest absolute Gasteiger partial charge is 0.494 e. The minimum atomic E-state index is -0.530. The van der Waals surface area contributed by atoms with Crippen molar-refractivity contribution in [2.75, 3.05) is 67.3 Å². The van der Waals surface area contributed by atoms with Gasteiger partial charge in [0, 0.05) is 50.4 Å². The third-order valence-electron chi connectivity index (χ3n) is 8.05. The van der Waals surface area contributed by atoms with Crippen LogP contribution in [0.2, 0.25) is 0 Å². The third kappa shape index (κ3) is 7.15. The first kappa shape index (κ1) is 33.2. The fourth-order valence-electron chi connectivity index (χ4n) is 5.72. The van der Waals surface area contributed by atoms with Gasteiger partial charge in [-0.2, -0.15) is 4.98 Å². The van der Waals surface area contributed by atoms with E-state index in [1.54, 1.807) is 33.9 Å². The van der Waals surface area contributed by atoms with Gasteiger partial charge in [-0.05, 0) is 58.0 Å². The number of carbonyl (C=O) groups excluding carboxylic acids is 2. The van der Waals surface area contributed by atoms with Crippen molar-refractivity contribution in [2.24, 2.45) is 0 Å². The second kappa shape index (κ2) is 13.7. The number of ether oxygens (including phenoxy) is 2. The van der Waals surface area contributed by atoms with Crippen LogP contribution >= 0.6 is 0 Å². The number of nitrogens with one attached hydrogen (secondary N) is 2. The summed E-state index contributed by atoms with van der Waals surface area (Å²) in [5, 5.41) is 6.21. The molecule has 0 spiro atoms. The SMILES string of the molecule is C=CC(=O)Nc1cc(Nc2ncc(C(=O)OC(C)C)c(N3CC(C)(C)c4nc(C#CC)ccc43)n2)c(OC)cc1N1CCN(C)CC1. The predicted octanol–water partition coefficient (Wildman–Crippen LogP) is 4.87. The van der Waals surface area contributed by atoms with Gasteiger partial charge in [0.2, 0.25) is 11.9 Å². The second-order valence-electron chi connectivity index (χ2n) is 12.5. The number of aromatic nitrogens is 3. The van der Waals surface area contributed by atoms with Crippen LogP contribution in [0.3, 0.4) is 0 Å². The average Bonchev–Trinajstić information content (AvgIpc) is 3.31. The number of pyridine rings is 1. The summed E-state index contributed by atoms with van der Waals surface area (Å²) >= 11 is 0. The average molecular weight is 639 g/mol. The number of carbonyl (C=O) groups is 2. The van der Waals surface area contributed by atoms with Gasteiger partial charge < -0.3 is 34.8 Å². The van der Waals surface area contributed by atoms with Gasteiger partial charge >= 0.3 is 5.97 Å². The van der Waals surface area contributed by atoms with E-state index in [9.17, 15) is 9.59 Å². The Morgan fingerprint density at radius 3 is 2.49 bits per heavy atom. The Balaban J connectivity index is 1.58. The van der Waals surface area contributed by atoms with Crippen molar-refractivity contribution in [3.8, 4) is 17.6 Å². The normalized spacial score (nSPS) is 15.4. The van der Waals surface area contributed by atoms with Crippen LogP contribution in [0.5, 0.6) is 5.75 Å². The summed E-state index contributed by atoms with van der Waals surface area (Å²) in [5.74, 6) is 6.22. The maximum absolute atomic E-state index is 13.3. The number of nitrogens with zero attached hydrogens (tertiary/aromatic N) is 6. The van der Waals surface area contributed by atoms with Crippen molar-refractivity contribution in [2.45, 2.75) is 46.1 Å². The van der Waals surface area contributed by atoms with Gasteiger partial charge in [-0.1, -0.05) is 26.3 Å². The molecular formula is C35H42N8O4.